The Labute approximate surface area is 132 Å². The van der Waals surface area contributed by atoms with Gasteiger partial charge in [0.05, 0.1) is 6.61 Å². The van der Waals surface area contributed by atoms with E-state index in [2.05, 4.69) is 15.3 Å². The smallest absolute Gasteiger partial charge is 0.319 e. The highest BCUT2D eigenvalue weighted by Crippen LogP contribution is 2.40. The molecule has 1 aliphatic heterocycles. The lowest BCUT2D eigenvalue weighted by molar-refractivity contribution is -0.142. The standard InChI is InChI=1S/C15H16N4O2S/c1-2-21-14(20)11-8-10-12(17-9-6-4-3-5-7-9)18-15(16)19-13(10)22-11/h3-7,11H,2,8H2,1H3,(H3,16,17,18,19). The summed E-state index contributed by atoms with van der Waals surface area (Å²) in [6.07, 6.45) is 0.536. The number of fused-ring (bicyclic) bond motifs is 1. The van der Waals surface area contributed by atoms with Crippen molar-refractivity contribution in [3.8, 4) is 0 Å². The fourth-order valence-electron chi connectivity index (χ4n) is 2.25. The molecular weight excluding hydrogens is 300 g/mol. The third-order valence-electron chi connectivity index (χ3n) is 3.22. The van der Waals surface area contributed by atoms with Crippen molar-refractivity contribution in [3.63, 3.8) is 0 Å². The van der Waals surface area contributed by atoms with Crippen molar-refractivity contribution in [2.45, 2.75) is 23.6 Å². The lowest BCUT2D eigenvalue weighted by Crippen LogP contribution is -2.19. The van der Waals surface area contributed by atoms with E-state index in [0.29, 0.717) is 18.8 Å². The third kappa shape index (κ3) is 2.99. The van der Waals surface area contributed by atoms with Crippen LogP contribution >= 0.6 is 11.8 Å². The molecular formula is C15H16N4O2S. The van der Waals surface area contributed by atoms with Crippen LogP contribution < -0.4 is 11.1 Å². The molecule has 3 rings (SSSR count). The van der Waals surface area contributed by atoms with Crippen molar-refractivity contribution in [2.75, 3.05) is 17.7 Å². The van der Waals surface area contributed by atoms with E-state index in [4.69, 9.17) is 10.5 Å². The first-order chi connectivity index (χ1) is 10.7. The number of anilines is 3. The summed E-state index contributed by atoms with van der Waals surface area (Å²) in [5.41, 5.74) is 7.59. The number of nitrogens with two attached hydrogens (primary N) is 1. The molecule has 0 saturated carbocycles. The molecule has 0 fully saturated rings. The number of para-hydroxylation sites is 1. The molecule has 0 saturated heterocycles. The van der Waals surface area contributed by atoms with Gasteiger partial charge in [-0.2, -0.15) is 4.98 Å². The van der Waals surface area contributed by atoms with Crippen LogP contribution in [0.2, 0.25) is 0 Å². The van der Waals surface area contributed by atoms with E-state index in [0.717, 1.165) is 16.3 Å². The Balaban J connectivity index is 1.87. The van der Waals surface area contributed by atoms with Crippen LogP contribution in [-0.4, -0.2) is 27.8 Å². The lowest BCUT2D eigenvalue weighted by atomic mass is 10.1. The Hall–Kier alpha value is -2.28. The molecule has 6 nitrogen and oxygen atoms in total. The molecule has 2 heterocycles. The lowest BCUT2D eigenvalue weighted by Gasteiger charge is -2.10. The Kier molecular flexibility index (Phi) is 4.15. The summed E-state index contributed by atoms with van der Waals surface area (Å²) in [6, 6.07) is 9.69. The average Bonchev–Trinajstić information content (AvgIpc) is 2.92. The Morgan fingerprint density at radius 3 is 2.91 bits per heavy atom. The number of nitrogen functional groups attached to an aromatic ring is 1. The Bertz CT molecular complexity index is 693. The van der Waals surface area contributed by atoms with Gasteiger partial charge in [-0.15, -0.1) is 0 Å². The highest BCUT2D eigenvalue weighted by atomic mass is 32.2. The zero-order chi connectivity index (χ0) is 15.5. The number of aromatic nitrogens is 2. The highest BCUT2D eigenvalue weighted by Gasteiger charge is 2.33. The second kappa shape index (κ2) is 6.23. The van der Waals surface area contributed by atoms with E-state index < -0.39 is 0 Å². The minimum atomic E-state index is -0.289. The van der Waals surface area contributed by atoms with Crippen LogP contribution in [0.1, 0.15) is 12.5 Å². The summed E-state index contributed by atoms with van der Waals surface area (Å²) in [5, 5.41) is 3.69. The van der Waals surface area contributed by atoms with E-state index in [1.54, 1.807) is 6.92 Å². The van der Waals surface area contributed by atoms with E-state index in [-0.39, 0.29) is 17.2 Å². The van der Waals surface area contributed by atoms with E-state index in [1.807, 2.05) is 30.3 Å². The summed E-state index contributed by atoms with van der Waals surface area (Å²) in [4.78, 5) is 20.4. The van der Waals surface area contributed by atoms with Gasteiger partial charge in [0.1, 0.15) is 16.1 Å². The quantitative estimate of drug-likeness (QED) is 0.661. The van der Waals surface area contributed by atoms with Crippen molar-refractivity contribution in [1.29, 1.82) is 0 Å². The molecule has 114 valence electrons. The van der Waals surface area contributed by atoms with Crippen LogP contribution in [0.25, 0.3) is 0 Å². The maximum atomic E-state index is 11.9. The van der Waals surface area contributed by atoms with E-state index >= 15 is 0 Å². The molecule has 7 heteroatoms. The van der Waals surface area contributed by atoms with Gasteiger partial charge in [-0.1, -0.05) is 30.0 Å². The van der Waals surface area contributed by atoms with Crippen LogP contribution in [0.15, 0.2) is 35.4 Å². The normalized spacial score (nSPS) is 16.1. The number of nitrogens with one attached hydrogen (secondary N) is 1. The molecule has 2 aromatic rings. The molecule has 0 aliphatic carbocycles. The van der Waals surface area contributed by atoms with Crippen molar-refractivity contribution in [1.82, 2.24) is 9.97 Å². The van der Waals surface area contributed by atoms with Gasteiger partial charge in [0.2, 0.25) is 5.95 Å². The van der Waals surface area contributed by atoms with Crippen LogP contribution in [0.3, 0.4) is 0 Å². The molecule has 3 N–H and O–H groups in total. The maximum Gasteiger partial charge on any atom is 0.319 e. The second-order valence-electron chi connectivity index (χ2n) is 4.77. The molecule has 1 aromatic heterocycles. The fraction of sp³-hybridized carbons (Fsp3) is 0.267. The summed E-state index contributed by atoms with van der Waals surface area (Å²) < 4.78 is 5.09. The van der Waals surface area contributed by atoms with Crippen LogP contribution in [0.4, 0.5) is 17.5 Å². The molecule has 0 amide bonds. The molecule has 0 bridgehead atoms. The van der Waals surface area contributed by atoms with Gasteiger partial charge in [-0.3, -0.25) is 4.79 Å². The largest absolute Gasteiger partial charge is 0.465 e. The van der Waals surface area contributed by atoms with E-state index in [1.165, 1.54) is 11.8 Å². The van der Waals surface area contributed by atoms with Gasteiger partial charge in [0, 0.05) is 17.7 Å². The summed E-state index contributed by atoms with van der Waals surface area (Å²) in [7, 11) is 0. The van der Waals surface area contributed by atoms with Crippen molar-refractivity contribution < 1.29 is 9.53 Å². The van der Waals surface area contributed by atoms with Gasteiger partial charge in [-0.05, 0) is 19.1 Å². The number of carbonyl (C=O) groups excluding carboxylic acids is 1. The van der Waals surface area contributed by atoms with Crippen LogP contribution in [-0.2, 0) is 16.0 Å². The zero-order valence-electron chi connectivity index (χ0n) is 12.1. The monoisotopic (exact) mass is 316 g/mol. The molecule has 1 aromatic carbocycles. The third-order valence-corrected chi connectivity index (χ3v) is 4.42. The number of thioether (sulfide) groups is 1. The number of hydrogen-bond acceptors (Lipinski definition) is 7. The second-order valence-corrected chi connectivity index (χ2v) is 5.96. The van der Waals surface area contributed by atoms with Gasteiger partial charge in [0.25, 0.3) is 0 Å². The topological polar surface area (TPSA) is 90.1 Å². The van der Waals surface area contributed by atoms with E-state index in [9.17, 15) is 4.79 Å². The fourth-order valence-corrected chi connectivity index (χ4v) is 3.40. The van der Waals surface area contributed by atoms with Gasteiger partial charge >= 0.3 is 5.97 Å². The average molecular weight is 316 g/mol. The first kappa shape index (κ1) is 14.6. The van der Waals surface area contributed by atoms with Crippen LogP contribution in [0.5, 0.6) is 0 Å². The van der Waals surface area contributed by atoms with Crippen molar-refractivity contribution >= 4 is 35.2 Å². The number of benzene rings is 1. The van der Waals surface area contributed by atoms with Gasteiger partial charge < -0.3 is 15.8 Å². The molecule has 0 spiro atoms. The molecule has 0 radical (unpaired) electrons. The number of rotatable bonds is 4. The number of ether oxygens (including phenoxy) is 1. The molecule has 1 atom stereocenters. The predicted molar refractivity (Wildman–Crippen MR) is 86.2 cm³/mol. The van der Waals surface area contributed by atoms with Crippen LogP contribution in [0, 0.1) is 0 Å². The number of hydrogen-bond donors (Lipinski definition) is 2. The summed E-state index contributed by atoms with van der Waals surface area (Å²) in [6.45, 7) is 2.17. The SMILES string of the molecule is CCOC(=O)C1Cc2c(Nc3ccccc3)nc(N)nc2S1. The molecule has 22 heavy (non-hydrogen) atoms. The highest BCUT2D eigenvalue weighted by molar-refractivity contribution is 8.00. The van der Waals surface area contributed by atoms with Crippen molar-refractivity contribution in [3.05, 3.63) is 35.9 Å². The summed E-state index contributed by atoms with van der Waals surface area (Å²) >= 11 is 1.38. The molecule has 1 unspecified atom stereocenters. The molecule has 1 aliphatic rings. The number of esters is 1. The Morgan fingerprint density at radius 2 is 2.18 bits per heavy atom. The summed E-state index contributed by atoms with van der Waals surface area (Å²) in [5.74, 6) is 0.608. The minimum Gasteiger partial charge on any atom is -0.465 e. The number of carbonyl (C=O) groups is 1. The number of nitrogens with zero attached hydrogens (tertiary/aromatic N) is 2. The maximum absolute atomic E-state index is 11.9. The first-order valence-corrected chi connectivity index (χ1v) is 7.87. The zero-order valence-corrected chi connectivity index (χ0v) is 12.9. The van der Waals surface area contributed by atoms with Crippen molar-refractivity contribution in [2.24, 2.45) is 0 Å². The first-order valence-electron chi connectivity index (χ1n) is 6.99. The van der Waals surface area contributed by atoms with Gasteiger partial charge in [0.15, 0.2) is 0 Å². The predicted octanol–water partition coefficient (Wildman–Crippen LogP) is 2.38. The van der Waals surface area contributed by atoms with Gasteiger partial charge in [-0.25, -0.2) is 4.98 Å². The Morgan fingerprint density at radius 1 is 1.41 bits per heavy atom. The minimum absolute atomic E-state index is 0.189.